The molecule has 1 aromatic rings. The molecule has 1 aromatic carbocycles. The zero-order chi connectivity index (χ0) is 13.0. The van der Waals surface area contributed by atoms with Gasteiger partial charge in [-0.1, -0.05) is 6.08 Å². The molecule has 1 rings (SSSR count). The molecule has 0 saturated carbocycles. The molecule has 0 amide bonds. The standard InChI is InChI=1S/C12H12F4O/c1-3-4-5-7-9(13)11(15)8(6-17-2)12(16)10(7)14/h3H,1,4-6H2,2H3. The molecule has 0 fully saturated rings. The van der Waals surface area contributed by atoms with Gasteiger partial charge in [-0.3, -0.25) is 0 Å². The molecule has 0 N–H and O–H groups in total. The molecular formula is C12H12F4O. The Bertz CT molecular complexity index is 400. The molecule has 0 spiro atoms. The zero-order valence-corrected chi connectivity index (χ0v) is 9.33. The summed E-state index contributed by atoms with van der Waals surface area (Å²) in [6.45, 7) is 2.85. The highest BCUT2D eigenvalue weighted by molar-refractivity contribution is 5.30. The molecule has 0 saturated heterocycles. The van der Waals surface area contributed by atoms with Crippen molar-refractivity contribution in [2.24, 2.45) is 0 Å². The first-order valence-electron chi connectivity index (χ1n) is 4.98. The van der Waals surface area contributed by atoms with Crippen LogP contribution in [0.15, 0.2) is 12.7 Å². The molecule has 0 aromatic heterocycles. The Morgan fingerprint density at radius 2 is 1.47 bits per heavy atom. The lowest BCUT2D eigenvalue weighted by atomic mass is 10.0. The van der Waals surface area contributed by atoms with Crippen molar-refractivity contribution in [1.29, 1.82) is 0 Å². The summed E-state index contributed by atoms with van der Waals surface area (Å²) in [5.74, 6) is -5.52. The Morgan fingerprint density at radius 3 is 1.88 bits per heavy atom. The summed E-state index contributed by atoms with van der Waals surface area (Å²) in [6.07, 6.45) is 1.51. The maximum absolute atomic E-state index is 13.5. The van der Waals surface area contributed by atoms with E-state index in [-0.39, 0.29) is 12.8 Å². The lowest BCUT2D eigenvalue weighted by Crippen LogP contribution is -2.09. The van der Waals surface area contributed by atoms with Gasteiger partial charge in [-0.05, 0) is 12.8 Å². The van der Waals surface area contributed by atoms with Crippen LogP contribution in [-0.4, -0.2) is 7.11 Å². The molecule has 0 aliphatic heterocycles. The second-order valence-corrected chi connectivity index (χ2v) is 3.47. The average molecular weight is 248 g/mol. The maximum Gasteiger partial charge on any atom is 0.167 e. The van der Waals surface area contributed by atoms with E-state index in [1.165, 1.54) is 13.2 Å². The van der Waals surface area contributed by atoms with Gasteiger partial charge in [0.25, 0.3) is 0 Å². The van der Waals surface area contributed by atoms with Gasteiger partial charge in [-0.2, -0.15) is 0 Å². The van der Waals surface area contributed by atoms with Crippen LogP contribution in [0.25, 0.3) is 0 Å². The van der Waals surface area contributed by atoms with Gasteiger partial charge in [0.2, 0.25) is 0 Å². The van der Waals surface area contributed by atoms with Crippen LogP contribution < -0.4 is 0 Å². The smallest absolute Gasteiger partial charge is 0.167 e. The Morgan fingerprint density at radius 1 is 1.00 bits per heavy atom. The van der Waals surface area contributed by atoms with Crippen LogP contribution >= 0.6 is 0 Å². The lowest BCUT2D eigenvalue weighted by Gasteiger charge is -2.10. The van der Waals surface area contributed by atoms with Crippen LogP contribution in [0.4, 0.5) is 17.6 Å². The molecule has 0 unspecified atom stereocenters. The molecule has 0 aliphatic rings. The topological polar surface area (TPSA) is 9.23 Å². The van der Waals surface area contributed by atoms with Gasteiger partial charge in [0.1, 0.15) is 0 Å². The molecule has 0 atom stereocenters. The SMILES string of the molecule is C=CCCc1c(F)c(F)c(COC)c(F)c1F. The molecule has 94 valence electrons. The minimum Gasteiger partial charge on any atom is -0.380 e. The Balaban J connectivity index is 3.30. The third-order valence-electron chi connectivity index (χ3n) is 2.33. The van der Waals surface area contributed by atoms with E-state index < -0.39 is 41.0 Å². The first-order chi connectivity index (χ1) is 8.04. The minimum absolute atomic E-state index is 0.137. The van der Waals surface area contributed by atoms with Crippen molar-refractivity contribution in [1.82, 2.24) is 0 Å². The van der Waals surface area contributed by atoms with E-state index in [0.29, 0.717) is 0 Å². The molecule has 17 heavy (non-hydrogen) atoms. The first-order valence-corrected chi connectivity index (χ1v) is 4.98. The average Bonchev–Trinajstić information content (AvgIpc) is 2.32. The highest BCUT2D eigenvalue weighted by Crippen LogP contribution is 2.25. The molecule has 0 bridgehead atoms. The number of methoxy groups -OCH3 is 1. The fourth-order valence-electron chi connectivity index (χ4n) is 1.46. The molecule has 1 nitrogen and oxygen atoms in total. The Hall–Kier alpha value is -1.36. The van der Waals surface area contributed by atoms with Crippen LogP contribution in [0.5, 0.6) is 0 Å². The molecule has 0 heterocycles. The van der Waals surface area contributed by atoms with E-state index in [2.05, 4.69) is 11.3 Å². The second-order valence-electron chi connectivity index (χ2n) is 3.47. The largest absolute Gasteiger partial charge is 0.380 e. The van der Waals surface area contributed by atoms with Crippen molar-refractivity contribution >= 4 is 0 Å². The lowest BCUT2D eigenvalue weighted by molar-refractivity contribution is 0.175. The minimum atomic E-state index is -1.40. The second kappa shape index (κ2) is 5.82. The molecule has 0 radical (unpaired) electrons. The number of hydrogen-bond donors (Lipinski definition) is 0. The summed E-state index contributed by atoms with van der Waals surface area (Å²) < 4.78 is 58.3. The molecule has 5 heteroatoms. The third-order valence-corrected chi connectivity index (χ3v) is 2.33. The maximum atomic E-state index is 13.5. The van der Waals surface area contributed by atoms with Crippen molar-refractivity contribution in [2.45, 2.75) is 19.4 Å². The molecule has 0 aliphatic carbocycles. The number of allylic oxidation sites excluding steroid dienone is 1. The van der Waals surface area contributed by atoms with Gasteiger partial charge >= 0.3 is 0 Å². The van der Waals surface area contributed by atoms with Crippen LogP contribution in [0.2, 0.25) is 0 Å². The Kier molecular flexibility index (Phi) is 4.69. The van der Waals surface area contributed by atoms with Gasteiger partial charge in [-0.15, -0.1) is 6.58 Å². The van der Waals surface area contributed by atoms with E-state index in [1.807, 2.05) is 0 Å². The van der Waals surface area contributed by atoms with Crippen molar-refractivity contribution in [2.75, 3.05) is 7.11 Å². The number of hydrogen-bond acceptors (Lipinski definition) is 1. The van der Waals surface area contributed by atoms with E-state index in [0.717, 1.165) is 0 Å². The van der Waals surface area contributed by atoms with Gasteiger partial charge in [0.05, 0.1) is 12.2 Å². The zero-order valence-electron chi connectivity index (χ0n) is 9.33. The van der Waals surface area contributed by atoms with Gasteiger partial charge in [0.15, 0.2) is 23.3 Å². The number of ether oxygens (including phenoxy) is 1. The summed E-state index contributed by atoms with van der Waals surface area (Å²) in [7, 11) is 1.18. The summed E-state index contributed by atoms with van der Waals surface area (Å²) in [5, 5.41) is 0. The van der Waals surface area contributed by atoms with Crippen LogP contribution in [0, 0.1) is 23.3 Å². The normalized spacial score (nSPS) is 10.6. The van der Waals surface area contributed by atoms with Crippen LogP contribution in [0.3, 0.4) is 0 Å². The van der Waals surface area contributed by atoms with E-state index in [9.17, 15) is 17.6 Å². The summed E-state index contributed by atoms with van der Waals surface area (Å²) >= 11 is 0. The van der Waals surface area contributed by atoms with Crippen molar-refractivity contribution < 1.29 is 22.3 Å². The number of rotatable bonds is 5. The van der Waals surface area contributed by atoms with Gasteiger partial charge in [-0.25, -0.2) is 17.6 Å². The van der Waals surface area contributed by atoms with Crippen LogP contribution in [0.1, 0.15) is 17.5 Å². The first kappa shape index (κ1) is 13.7. The highest BCUT2D eigenvalue weighted by Gasteiger charge is 2.24. The monoisotopic (exact) mass is 248 g/mol. The number of halogens is 4. The number of benzene rings is 1. The van der Waals surface area contributed by atoms with Crippen molar-refractivity contribution in [3.8, 4) is 0 Å². The summed E-state index contributed by atoms with van der Waals surface area (Å²) in [5.41, 5.74) is -1.33. The van der Waals surface area contributed by atoms with Crippen LogP contribution in [-0.2, 0) is 17.8 Å². The Labute approximate surface area is 96.7 Å². The summed E-state index contributed by atoms with van der Waals surface area (Å²) in [4.78, 5) is 0. The van der Waals surface area contributed by atoms with Gasteiger partial charge < -0.3 is 4.74 Å². The molecular weight excluding hydrogens is 236 g/mol. The quantitative estimate of drug-likeness (QED) is 0.440. The predicted molar refractivity (Wildman–Crippen MR) is 55.5 cm³/mol. The predicted octanol–water partition coefficient (Wildman–Crippen LogP) is 3.51. The fourth-order valence-corrected chi connectivity index (χ4v) is 1.46. The van der Waals surface area contributed by atoms with Crippen molar-refractivity contribution in [3.05, 3.63) is 47.1 Å². The van der Waals surface area contributed by atoms with E-state index in [1.54, 1.807) is 0 Å². The highest BCUT2D eigenvalue weighted by atomic mass is 19.2. The van der Waals surface area contributed by atoms with Gasteiger partial charge in [0, 0.05) is 12.7 Å². The summed E-state index contributed by atoms with van der Waals surface area (Å²) in [6, 6.07) is 0. The van der Waals surface area contributed by atoms with E-state index >= 15 is 0 Å². The fraction of sp³-hybridized carbons (Fsp3) is 0.333. The van der Waals surface area contributed by atoms with Crippen molar-refractivity contribution in [3.63, 3.8) is 0 Å². The van der Waals surface area contributed by atoms with E-state index in [4.69, 9.17) is 0 Å². The third kappa shape index (κ3) is 2.66.